The van der Waals surface area contributed by atoms with E-state index < -0.39 is 22.2 Å². The van der Waals surface area contributed by atoms with Crippen LogP contribution in [0.3, 0.4) is 0 Å². The van der Waals surface area contributed by atoms with Crippen LogP contribution in [0.4, 0.5) is 15.8 Å². The van der Waals surface area contributed by atoms with E-state index in [0.29, 0.717) is 11.3 Å². The number of nitrogens with zero attached hydrogens (tertiary/aromatic N) is 3. The molecule has 0 atom stereocenters. The molecule has 0 saturated carbocycles. The number of nitro groups is 1. The first kappa shape index (κ1) is 21.5. The van der Waals surface area contributed by atoms with Crippen molar-refractivity contribution in [3.05, 3.63) is 80.0 Å². The van der Waals surface area contributed by atoms with Crippen molar-refractivity contribution in [3.8, 4) is 0 Å². The summed E-state index contributed by atoms with van der Waals surface area (Å²) in [5.74, 6) is -0.975. The summed E-state index contributed by atoms with van der Waals surface area (Å²) >= 11 is 3.09. The monoisotopic (exact) mass is 480 g/mol. The zero-order chi connectivity index (χ0) is 22.2. The molecule has 0 spiro atoms. The van der Waals surface area contributed by atoms with Crippen LogP contribution in [0.1, 0.15) is 19.4 Å². The van der Waals surface area contributed by atoms with Gasteiger partial charge in [-0.1, -0.05) is 5.23 Å². The largest absolute Gasteiger partial charge is 0.382 e. The van der Waals surface area contributed by atoms with Crippen LogP contribution in [0.25, 0.3) is 0 Å². The fourth-order valence-corrected chi connectivity index (χ4v) is 3.06. The van der Waals surface area contributed by atoms with Gasteiger partial charge in [0.25, 0.3) is 5.69 Å². The van der Waals surface area contributed by atoms with E-state index in [-0.39, 0.29) is 21.7 Å². The maximum absolute atomic E-state index is 13.6. The minimum absolute atomic E-state index is 0.00741. The average Bonchev–Trinajstić information content (AvgIpc) is 3.00. The number of non-ortho nitro benzene ring substituents is 1. The molecule has 0 unspecified atom stereocenters. The van der Waals surface area contributed by atoms with Crippen LogP contribution in [0.5, 0.6) is 0 Å². The van der Waals surface area contributed by atoms with E-state index in [0.717, 1.165) is 10.3 Å². The highest BCUT2D eigenvalue weighted by Gasteiger charge is 2.38. The third-order valence-electron chi connectivity index (χ3n) is 4.28. The minimum Gasteiger partial charge on any atom is -0.382 e. The fourth-order valence-electron chi connectivity index (χ4n) is 2.69. The Balaban J connectivity index is 1.89. The van der Waals surface area contributed by atoms with Crippen molar-refractivity contribution in [2.45, 2.75) is 19.4 Å². The van der Waals surface area contributed by atoms with Gasteiger partial charge >= 0.3 is 0 Å². The third kappa shape index (κ3) is 4.06. The number of hydrogen-bond acceptors (Lipinski definition) is 8. The second-order valence-electron chi connectivity index (χ2n) is 6.78. The number of nitro benzene ring substituents is 1. The molecule has 0 aliphatic carbocycles. The molecule has 158 valence electrons. The van der Waals surface area contributed by atoms with E-state index in [2.05, 4.69) is 15.9 Å². The summed E-state index contributed by atoms with van der Waals surface area (Å²) in [5, 5.41) is 20.7. The zero-order valence-corrected chi connectivity index (χ0v) is 17.5. The third-order valence-corrected chi connectivity index (χ3v) is 4.88. The number of hydroxylamine groups is 3. The highest BCUT2D eigenvalue weighted by atomic mass is 79.9. The highest BCUT2D eigenvalue weighted by Crippen LogP contribution is 2.35. The van der Waals surface area contributed by atoms with Gasteiger partial charge in [-0.05, 0) is 65.7 Å². The lowest BCUT2D eigenvalue weighted by Gasteiger charge is -2.30. The van der Waals surface area contributed by atoms with Crippen molar-refractivity contribution < 1.29 is 19.1 Å². The van der Waals surface area contributed by atoms with Crippen molar-refractivity contribution in [1.82, 2.24) is 5.23 Å². The van der Waals surface area contributed by atoms with Gasteiger partial charge in [-0.3, -0.25) is 15.5 Å². The number of rotatable bonds is 6. The van der Waals surface area contributed by atoms with Crippen molar-refractivity contribution in [2.75, 3.05) is 5.06 Å². The van der Waals surface area contributed by atoms with Gasteiger partial charge in [0.2, 0.25) is 0 Å². The van der Waals surface area contributed by atoms with Crippen LogP contribution >= 0.6 is 15.9 Å². The lowest BCUT2D eigenvalue weighted by molar-refractivity contribution is -0.385. The second-order valence-corrected chi connectivity index (χ2v) is 7.64. The van der Waals surface area contributed by atoms with E-state index in [1.807, 2.05) is 0 Å². The molecule has 2 aromatic carbocycles. The molecule has 5 N–H and O–H groups in total. The lowest BCUT2D eigenvalue weighted by atomic mass is 9.98. The van der Waals surface area contributed by atoms with E-state index in [4.69, 9.17) is 26.7 Å². The molecule has 3 rings (SSSR count). The summed E-state index contributed by atoms with van der Waals surface area (Å²) in [5.41, 5.74) is 11.6. The number of nitrogens with two attached hydrogens (primary N) is 2. The Bertz CT molecular complexity index is 1040. The predicted molar refractivity (Wildman–Crippen MR) is 110 cm³/mol. The van der Waals surface area contributed by atoms with Gasteiger partial charge in [-0.15, -0.1) is 4.94 Å². The Morgan fingerprint density at radius 2 is 1.93 bits per heavy atom. The van der Waals surface area contributed by atoms with Crippen LogP contribution < -0.4 is 16.5 Å². The summed E-state index contributed by atoms with van der Waals surface area (Å²) in [7, 11) is 0. The topological polar surface area (TPSA) is 144 Å². The maximum atomic E-state index is 13.6. The summed E-state index contributed by atoms with van der Waals surface area (Å²) in [6.45, 7) is 3.41. The molecule has 2 aromatic rings. The maximum Gasteiger partial charge on any atom is 0.269 e. The lowest BCUT2D eigenvalue weighted by Crippen LogP contribution is -2.35. The molecule has 1 heterocycles. The predicted octanol–water partition coefficient (Wildman–Crippen LogP) is 3.40. The van der Waals surface area contributed by atoms with Crippen molar-refractivity contribution in [2.24, 2.45) is 11.5 Å². The molecule has 0 aromatic heterocycles. The number of anilines is 1. The highest BCUT2D eigenvalue weighted by molar-refractivity contribution is 9.10. The summed E-state index contributed by atoms with van der Waals surface area (Å²) < 4.78 is 13.8. The molecule has 0 fully saturated rings. The van der Waals surface area contributed by atoms with E-state index in [1.165, 1.54) is 30.3 Å². The second kappa shape index (κ2) is 7.89. The van der Waals surface area contributed by atoms with Crippen molar-refractivity contribution in [1.29, 1.82) is 5.41 Å². The SMILES string of the molecule is CC(C)(ON1ON(c2ccc(F)c(Br)c2)C(C(=N)N)=C1N)c1ccc([N+](=O)[O-])cc1. The molecule has 1 aliphatic rings. The van der Waals surface area contributed by atoms with Gasteiger partial charge in [0.05, 0.1) is 15.1 Å². The minimum atomic E-state index is -1.03. The number of hydrogen-bond donors (Lipinski definition) is 3. The van der Waals surface area contributed by atoms with Crippen molar-refractivity contribution in [3.63, 3.8) is 0 Å². The molecular weight excluding hydrogens is 463 g/mol. The van der Waals surface area contributed by atoms with Crippen molar-refractivity contribution >= 4 is 33.1 Å². The van der Waals surface area contributed by atoms with Crippen LogP contribution in [-0.4, -0.2) is 16.0 Å². The van der Waals surface area contributed by atoms with Gasteiger partial charge in [-0.25, -0.2) is 9.23 Å². The molecule has 0 saturated heterocycles. The number of halogens is 2. The normalized spacial score (nSPS) is 14.4. The quantitative estimate of drug-likeness (QED) is 0.247. The molecule has 30 heavy (non-hydrogen) atoms. The Hall–Kier alpha value is -3.22. The van der Waals surface area contributed by atoms with Crippen LogP contribution in [0, 0.1) is 21.3 Å². The molecule has 1 aliphatic heterocycles. The van der Waals surface area contributed by atoms with Gasteiger partial charge in [0.15, 0.2) is 11.5 Å². The number of nitrogens with one attached hydrogen (secondary N) is 1. The Morgan fingerprint density at radius 3 is 2.47 bits per heavy atom. The Morgan fingerprint density at radius 1 is 1.30 bits per heavy atom. The number of benzene rings is 2. The first-order chi connectivity index (χ1) is 14.0. The smallest absolute Gasteiger partial charge is 0.269 e. The van der Waals surface area contributed by atoms with Gasteiger partial charge in [0, 0.05) is 12.1 Å². The fraction of sp³-hybridized carbons (Fsp3) is 0.167. The Labute approximate surface area is 179 Å². The average molecular weight is 481 g/mol. The van der Waals surface area contributed by atoms with E-state index in [9.17, 15) is 14.5 Å². The molecular formula is C18H18BrFN6O4. The first-order valence-electron chi connectivity index (χ1n) is 8.53. The first-order valence-corrected chi connectivity index (χ1v) is 9.32. The van der Waals surface area contributed by atoms with Gasteiger partial charge < -0.3 is 11.5 Å². The summed E-state index contributed by atoms with van der Waals surface area (Å²) in [6.07, 6.45) is 0. The van der Waals surface area contributed by atoms with E-state index >= 15 is 0 Å². The summed E-state index contributed by atoms with van der Waals surface area (Å²) in [4.78, 5) is 21.8. The molecule has 0 radical (unpaired) electrons. The molecule has 12 heteroatoms. The van der Waals surface area contributed by atoms with Crippen LogP contribution in [0.2, 0.25) is 0 Å². The molecule has 0 bridgehead atoms. The van der Waals surface area contributed by atoms with Gasteiger partial charge in [0.1, 0.15) is 17.3 Å². The zero-order valence-electron chi connectivity index (χ0n) is 15.9. The van der Waals surface area contributed by atoms with E-state index in [1.54, 1.807) is 26.0 Å². The number of amidine groups is 1. The van der Waals surface area contributed by atoms with Gasteiger partial charge in [-0.2, -0.15) is 5.06 Å². The molecule has 10 nitrogen and oxygen atoms in total. The Kier molecular flexibility index (Phi) is 5.65. The van der Waals surface area contributed by atoms with Crippen LogP contribution in [-0.2, 0) is 15.4 Å². The van der Waals surface area contributed by atoms with Crippen LogP contribution in [0.15, 0.2) is 58.5 Å². The standard InChI is InChI=1S/C18H18BrFN6O4/c1-18(2,10-3-5-11(6-4-10)25(27)28)29-26-17(23)15(16(21)22)24(30-26)12-7-8-14(20)13(19)9-12/h3-9H,23H2,1-2H3,(H3,21,22). The molecule has 0 amide bonds. The summed E-state index contributed by atoms with van der Waals surface area (Å²) in [6, 6.07) is 9.87.